The number of likely N-dealkylation sites (N-methyl/N-ethyl adjacent to an activating group) is 1. The van der Waals surface area contributed by atoms with Crippen LogP contribution < -0.4 is 5.73 Å². The quantitative estimate of drug-likeness (QED) is 0.866. The summed E-state index contributed by atoms with van der Waals surface area (Å²) in [4.78, 5) is 9.72. The Labute approximate surface area is 120 Å². The van der Waals surface area contributed by atoms with Crippen LogP contribution in [0.4, 0.5) is 5.69 Å². The van der Waals surface area contributed by atoms with Crippen molar-refractivity contribution in [3.8, 4) is 0 Å². The number of rotatable bonds is 3. The largest absolute Gasteiger partial charge is 0.399 e. The molecule has 2 aromatic rings. The van der Waals surface area contributed by atoms with Crippen molar-refractivity contribution in [2.24, 2.45) is 0 Å². The van der Waals surface area contributed by atoms with E-state index in [0.717, 1.165) is 48.5 Å². The highest BCUT2D eigenvalue weighted by Gasteiger charge is 2.15. The molecule has 0 radical (unpaired) electrons. The maximum absolute atomic E-state index is 5.80. The molecule has 0 amide bonds. The molecule has 2 heterocycles. The topological polar surface area (TPSA) is 45.4 Å². The smallest absolute Gasteiger partial charge is 0.0707 e. The van der Waals surface area contributed by atoms with Crippen LogP contribution in [0.15, 0.2) is 30.3 Å². The third-order valence-electron chi connectivity index (χ3n) is 4.07. The molecule has 1 aromatic carbocycles. The highest BCUT2D eigenvalue weighted by atomic mass is 15.3. The van der Waals surface area contributed by atoms with Crippen LogP contribution >= 0.6 is 0 Å². The SMILES string of the molecule is CCN1CCN(Cc2ccc3cc(N)ccc3n2)CC1. The summed E-state index contributed by atoms with van der Waals surface area (Å²) >= 11 is 0. The number of nitrogens with two attached hydrogens (primary N) is 1. The van der Waals surface area contributed by atoms with Gasteiger partial charge in [-0.2, -0.15) is 0 Å². The van der Waals surface area contributed by atoms with Gasteiger partial charge in [-0.3, -0.25) is 9.88 Å². The molecule has 0 saturated carbocycles. The van der Waals surface area contributed by atoms with Gasteiger partial charge in [-0.25, -0.2) is 0 Å². The molecule has 1 aromatic heterocycles. The summed E-state index contributed by atoms with van der Waals surface area (Å²) in [5.74, 6) is 0. The Morgan fingerprint density at radius 3 is 2.55 bits per heavy atom. The van der Waals surface area contributed by atoms with Crippen LogP contribution in [0.5, 0.6) is 0 Å². The number of nitrogen functional groups attached to an aromatic ring is 1. The summed E-state index contributed by atoms with van der Waals surface area (Å²) in [6.45, 7) is 8.93. The molecular formula is C16H22N4. The second-order valence-electron chi connectivity index (χ2n) is 5.47. The fourth-order valence-electron chi connectivity index (χ4n) is 2.77. The van der Waals surface area contributed by atoms with Crippen molar-refractivity contribution in [3.05, 3.63) is 36.0 Å². The Balaban J connectivity index is 1.70. The molecule has 1 fully saturated rings. The number of pyridine rings is 1. The van der Waals surface area contributed by atoms with Gasteiger partial charge >= 0.3 is 0 Å². The summed E-state index contributed by atoms with van der Waals surface area (Å²) in [5, 5.41) is 1.12. The summed E-state index contributed by atoms with van der Waals surface area (Å²) in [6, 6.07) is 10.1. The molecule has 0 bridgehead atoms. The third-order valence-corrected chi connectivity index (χ3v) is 4.07. The first-order chi connectivity index (χ1) is 9.74. The molecule has 2 N–H and O–H groups in total. The zero-order valence-corrected chi connectivity index (χ0v) is 12.0. The minimum absolute atomic E-state index is 0.794. The van der Waals surface area contributed by atoms with Gasteiger partial charge in [0.2, 0.25) is 0 Å². The maximum Gasteiger partial charge on any atom is 0.0707 e. The molecular weight excluding hydrogens is 248 g/mol. The molecule has 0 aliphatic carbocycles. The number of hydrogen-bond acceptors (Lipinski definition) is 4. The van der Waals surface area contributed by atoms with E-state index in [1.165, 1.54) is 13.1 Å². The second kappa shape index (κ2) is 5.77. The van der Waals surface area contributed by atoms with E-state index in [-0.39, 0.29) is 0 Å². The number of nitrogens with zero attached hydrogens (tertiary/aromatic N) is 3. The normalized spacial score (nSPS) is 17.6. The fraction of sp³-hybridized carbons (Fsp3) is 0.438. The lowest BCUT2D eigenvalue weighted by atomic mass is 10.2. The minimum atomic E-state index is 0.794. The molecule has 20 heavy (non-hydrogen) atoms. The lowest BCUT2D eigenvalue weighted by Gasteiger charge is -2.33. The van der Waals surface area contributed by atoms with Crippen LogP contribution in [0.1, 0.15) is 12.6 Å². The van der Waals surface area contributed by atoms with Gasteiger partial charge in [0.1, 0.15) is 0 Å². The summed E-state index contributed by atoms with van der Waals surface area (Å²) in [5.41, 5.74) is 8.77. The summed E-state index contributed by atoms with van der Waals surface area (Å²) in [7, 11) is 0. The average molecular weight is 270 g/mol. The van der Waals surface area contributed by atoms with Gasteiger partial charge in [-0.05, 0) is 30.8 Å². The van der Waals surface area contributed by atoms with Gasteiger partial charge in [0.25, 0.3) is 0 Å². The van der Waals surface area contributed by atoms with Crippen molar-refractivity contribution >= 4 is 16.6 Å². The Hall–Kier alpha value is -1.65. The molecule has 4 heteroatoms. The van der Waals surface area contributed by atoms with Crippen molar-refractivity contribution in [2.45, 2.75) is 13.5 Å². The third kappa shape index (κ3) is 2.92. The Morgan fingerprint density at radius 2 is 1.80 bits per heavy atom. The van der Waals surface area contributed by atoms with E-state index in [4.69, 9.17) is 10.7 Å². The number of hydrogen-bond donors (Lipinski definition) is 1. The second-order valence-corrected chi connectivity index (χ2v) is 5.47. The van der Waals surface area contributed by atoms with Gasteiger partial charge in [0, 0.05) is 43.8 Å². The number of piperazine rings is 1. The lowest BCUT2D eigenvalue weighted by molar-refractivity contribution is 0.131. The Kier molecular flexibility index (Phi) is 3.85. The van der Waals surface area contributed by atoms with Gasteiger partial charge in [0.15, 0.2) is 0 Å². The van der Waals surface area contributed by atoms with Crippen molar-refractivity contribution < 1.29 is 0 Å². The minimum Gasteiger partial charge on any atom is -0.399 e. The van der Waals surface area contributed by atoms with Crippen molar-refractivity contribution in [3.63, 3.8) is 0 Å². The number of benzene rings is 1. The molecule has 4 nitrogen and oxygen atoms in total. The van der Waals surface area contributed by atoms with E-state index in [1.54, 1.807) is 0 Å². The summed E-state index contributed by atoms with van der Waals surface area (Å²) < 4.78 is 0. The predicted molar refractivity (Wildman–Crippen MR) is 83.5 cm³/mol. The Bertz CT molecular complexity index is 588. The standard InChI is InChI=1S/C16H22N4/c1-2-19-7-9-20(10-8-19)12-15-5-3-13-11-14(17)4-6-16(13)18-15/h3-6,11H,2,7-10,12,17H2,1H3. The van der Waals surface area contributed by atoms with E-state index < -0.39 is 0 Å². The van der Waals surface area contributed by atoms with E-state index in [0.29, 0.717) is 0 Å². The number of aromatic nitrogens is 1. The first-order valence-corrected chi connectivity index (χ1v) is 7.34. The van der Waals surface area contributed by atoms with Crippen LogP contribution in [0.2, 0.25) is 0 Å². The van der Waals surface area contributed by atoms with Gasteiger partial charge in [0.05, 0.1) is 11.2 Å². The van der Waals surface area contributed by atoms with Crippen LogP contribution in [0.25, 0.3) is 10.9 Å². The van der Waals surface area contributed by atoms with Crippen molar-refractivity contribution in [2.75, 3.05) is 38.5 Å². The van der Waals surface area contributed by atoms with Gasteiger partial charge in [-0.1, -0.05) is 13.0 Å². The van der Waals surface area contributed by atoms with Gasteiger partial charge in [-0.15, -0.1) is 0 Å². The molecule has 3 rings (SSSR count). The zero-order chi connectivity index (χ0) is 13.9. The first-order valence-electron chi connectivity index (χ1n) is 7.34. The van der Waals surface area contributed by atoms with E-state index >= 15 is 0 Å². The lowest BCUT2D eigenvalue weighted by Crippen LogP contribution is -2.45. The van der Waals surface area contributed by atoms with Crippen LogP contribution in [0.3, 0.4) is 0 Å². The van der Waals surface area contributed by atoms with Crippen LogP contribution in [-0.2, 0) is 6.54 Å². The van der Waals surface area contributed by atoms with Crippen molar-refractivity contribution in [1.29, 1.82) is 0 Å². The molecule has 106 valence electrons. The first kappa shape index (κ1) is 13.3. The predicted octanol–water partition coefficient (Wildman–Crippen LogP) is 1.95. The molecule has 1 aliphatic heterocycles. The molecule has 0 atom stereocenters. The Morgan fingerprint density at radius 1 is 1.05 bits per heavy atom. The number of fused-ring (bicyclic) bond motifs is 1. The molecule has 1 saturated heterocycles. The van der Waals surface area contributed by atoms with Crippen LogP contribution in [0, 0.1) is 0 Å². The van der Waals surface area contributed by atoms with Crippen LogP contribution in [-0.4, -0.2) is 47.5 Å². The highest BCUT2D eigenvalue weighted by Crippen LogP contribution is 2.17. The van der Waals surface area contributed by atoms with Crippen molar-refractivity contribution in [1.82, 2.24) is 14.8 Å². The molecule has 1 aliphatic rings. The zero-order valence-electron chi connectivity index (χ0n) is 12.0. The highest BCUT2D eigenvalue weighted by molar-refractivity contribution is 5.81. The average Bonchev–Trinajstić information content (AvgIpc) is 2.48. The summed E-state index contributed by atoms with van der Waals surface area (Å²) in [6.07, 6.45) is 0. The van der Waals surface area contributed by atoms with E-state index in [1.807, 2.05) is 18.2 Å². The maximum atomic E-state index is 5.80. The van der Waals surface area contributed by atoms with Gasteiger partial charge < -0.3 is 10.6 Å². The fourth-order valence-corrected chi connectivity index (χ4v) is 2.77. The van der Waals surface area contributed by atoms with E-state index in [2.05, 4.69) is 28.9 Å². The monoisotopic (exact) mass is 270 g/mol. The molecule has 0 unspecified atom stereocenters. The number of anilines is 1. The molecule has 0 spiro atoms. The van der Waals surface area contributed by atoms with E-state index in [9.17, 15) is 0 Å².